The van der Waals surface area contributed by atoms with E-state index in [9.17, 15) is 4.79 Å². The Morgan fingerprint density at radius 2 is 1.59 bits per heavy atom. The van der Waals surface area contributed by atoms with Crippen molar-refractivity contribution in [2.75, 3.05) is 6.61 Å². The number of rotatable bonds is 11. The number of aromatic nitrogens is 2. The molecule has 29 heavy (non-hydrogen) atoms. The molecule has 5 nitrogen and oxygen atoms in total. The third kappa shape index (κ3) is 6.84. The molecule has 1 aromatic heterocycles. The van der Waals surface area contributed by atoms with E-state index in [1.807, 2.05) is 12.1 Å². The van der Waals surface area contributed by atoms with Crippen molar-refractivity contribution >= 4 is 5.97 Å². The lowest BCUT2D eigenvalue weighted by Crippen LogP contribution is -2.17. The van der Waals surface area contributed by atoms with E-state index in [1.54, 1.807) is 24.5 Å². The van der Waals surface area contributed by atoms with Gasteiger partial charge in [0.25, 0.3) is 0 Å². The van der Waals surface area contributed by atoms with E-state index in [4.69, 9.17) is 9.47 Å². The van der Waals surface area contributed by atoms with Gasteiger partial charge in [-0.25, -0.2) is 9.97 Å². The normalized spacial score (nSPS) is 14.1. The highest BCUT2D eigenvalue weighted by atomic mass is 16.5. The summed E-state index contributed by atoms with van der Waals surface area (Å²) in [6.45, 7) is 2.93. The average molecular weight is 397 g/mol. The van der Waals surface area contributed by atoms with Gasteiger partial charge in [-0.3, -0.25) is 4.79 Å². The van der Waals surface area contributed by atoms with E-state index in [-0.39, 0.29) is 11.9 Å². The molecule has 0 spiro atoms. The first-order chi connectivity index (χ1) is 14.3. The average Bonchev–Trinajstić information content (AvgIpc) is 3.29. The molecule has 0 amide bonds. The second-order valence-electron chi connectivity index (χ2n) is 7.79. The van der Waals surface area contributed by atoms with Gasteiger partial charge >= 0.3 is 5.97 Å². The maximum absolute atomic E-state index is 12.1. The highest BCUT2D eigenvalue weighted by molar-refractivity contribution is 5.75. The molecule has 1 heterocycles. The van der Waals surface area contributed by atoms with Crippen LogP contribution in [-0.4, -0.2) is 22.5 Å². The molecule has 0 saturated heterocycles. The molecule has 0 bridgehead atoms. The fourth-order valence-corrected chi connectivity index (χ4v) is 3.65. The molecular weight excluding hydrogens is 364 g/mol. The predicted molar refractivity (Wildman–Crippen MR) is 114 cm³/mol. The van der Waals surface area contributed by atoms with E-state index in [1.165, 1.54) is 32.1 Å². The lowest BCUT2D eigenvalue weighted by molar-refractivity contribution is -0.138. The highest BCUT2D eigenvalue weighted by Gasteiger charge is 2.24. The topological polar surface area (TPSA) is 61.3 Å². The van der Waals surface area contributed by atoms with Gasteiger partial charge in [0, 0.05) is 5.56 Å². The van der Waals surface area contributed by atoms with Gasteiger partial charge in [0.05, 0.1) is 24.9 Å². The molecule has 1 aromatic carbocycles. The Kier molecular flexibility index (Phi) is 8.47. The summed E-state index contributed by atoms with van der Waals surface area (Å²) in [6.07, 6.45) is 15.0. The number of hydrogen-bond donors (Lipinski definition) is 0. The number of carbonyl (C=O) groups excluding carboxylic acids is 1. The van der Waals surface area contributed by atoms with Crippen LogP contribution in [0.2, 0.25) is 0 Å². The summed E-state index contributed by atoms with van der Waals surface area (Å²) < 4.78 is 11.2. The van der Waals surface area contributed by atoms with Gasteiger partial charge in [0.1, 0.15) is 5.75 Å². The minimum absolute atomic E-state index is 0.0573. The molecule has 3 rings (SSSR count). The van der Waals surface area contributed by atoms with Crippen LogP contribution < -0.4 is 9.47 Å². The second kappa shape index (κ2) is 11.5. The van der Waals surface area contributed by atoms with Crippen LogP contribution in [0.4, 0.5) is 0 Å². The molecule has 2 aromatic rings. The minimum atomic E-state index is -0.113. The Hall–Kier alpha value is -2.43. The lowest BCUT2D eigenvalue weighted by Gasteiger charge is -2.09. The molecule has 1 saturated carbocycles. The zero-order valence-electron chi connectivity index (χ0n) is 17.4. The second-order valence-corrected chi connectivity index (χ2v) is 7.79. The third-order valence-electron chi connectivity index (χ3n) is 5.41. The van der Waals surface area contributed by atoms with E-state index in [0.717, 1.165) is 37.7 Å². The summed E-state index contributed by atoms with van der Waals surface area (Å²) in [5.74, 6) is 1.85. The fourth-order valence-electron chi connectivity index (χ4n) is 3.65. The minimum Gasteiger partial charge on any atom is -0.490 e. The zero-order chi connectivity index (χ0) is 20.3. The van der Waals surface area contributed by atoms with Crippen molar-refractivity contribution in [3.05, 3.63) is 36.7 Å². The third-order valence-corrected chi connectivity index (χ3v) is 5.41. The summed E-state index contributed by atoms with van der Waals surface area (Å²) in [5, 5.41) is 0. The molecule has 1 fully saturated rings. The van der Waals surface area contributed by atoms with E-state index in [0.29, 0.717) is 23.9 Å². The van der Waals surface area contributed by atoms with Crippen LogP contribution in [0.5, 0.6) is 11.5 Å². The Morgan fingerprint density at radius 1 is 0.931 bits per heavy atom. The van der Waals surface area contributed by atoms with E-state index >= 15 is 0 Å². The monoisotopic (exact) mass is 396 g/mol. The van der Waals surface area contributed by atoms with Gasteiger partial charge in [-0.05, 0) is 43.5 Å². The Morgan fingerprint density at radius 3 is 2.28 bits per heavy atom. The van der Waals surface area contributed by atoms with Crippen LogP contribution >= 0.6 is 0 Å². The van der Waals surface area contributed by atoms with Crippen molar-refractivity contribution in [2.24, 2.45) is 5.92 Å². The summed E-state index contributed by atoms with van der Waals surface area (Å²) in [6, 6.07) is 7.36. The van der Waals surface area contributed by atoms with Gasteiger partial charge in [0.15, 0.2) is 11.6 Å². The number of benzene rings is 1. The molecule has 0 N–H and O–H groups in total. The van der Waals surface area contributed by atoms with Crippen LogP contribution in [-0.2, 0) is 4.79 Å². The Balaban J connectivity index is 1.44. The first kappa shape index (κ1) is 21.3. The Bertz CT molecular complexity index is 738. The van der Waals surface area contributed by atoms with Crippen molar-refractivity contribution in [3.8, 4) is 22.9 Å². The largest absolute Gasteiger partial charge is 0.490 e. The first-order valence-electron chi connectivity index (χ1n) is 11.0. The number of esters is 1. The molecule has 0 aliphatic heterocycles. The van der Waals surface area contributed by atoms with Crippen molar-refractivity contribution in [2.45, 2.75) is 71.1 Å². The predicted octanol–water partition coefficient (Wildman–Crippen LogP) is 5.98. The lowest BCUT2D eigenvalue weighted by atomic mass is 10.1. The van der Waals surface area contributed by atoms with Crippen LogP contribution in [0, 0.1) is 5.92 Å². The molecule has 156 valence electrons. The first-order valence-corrected chi connectivity index (χ1v) is 11.0. The van der Waals surface area contributed by atoms with Gasteiger partial charge in [-0.2, -0.15) is 0 Å². The number of nitrogens with zero attached hydrogens (tertiary/aromatic N) is 2. The smallest absolute Gasteiger partial charge is 0.314 e. The molecule has 0 unspecified atom stereocenters. The van der Waals surface area contributed by atoms with Gasteiger partial charge < -0.3 is 9.47 Å². The van der Waals surface area contributed by atoms with Crippen molar-refractivity contribution in [3.63, 3.8) is 0 Å². The van der Waals surface area contributed by atoms with Gasteiger partial charge in [-0.15, -0.1) is 0 Å². The van der Waals surface area contributed by atoms with Crippen LogP contribution in [0.3, 0.4) is 0 Å². The summed E-state index contributed by atoms with van der Waals surface area (Å²) >= 11 is 0. The molecule has 0 atom stereocenters. The van der Waals surface area contributed by atoms with Crippen molar-refractivity contribution in [1.82, 2.24) is 9.97 Å². The van der Waals surface area contributed by atoms with Crippen LogP contribution in [0.25, 0.3) is 11.4 Å². The molecule has 0 radical (unpaired) electrons. The SMILES string of the molecule is CCCCCCCCOc1cnc(-c2ccc(OC(=O)C3CCCC3)cc2)nc1. The van der Waals surface area contributed by atoms with Crippen LogP contribution in [0.1, 0.15) is 71.1 Å². The van der Waals surface area contributed by atoms with Crippen LogP contribution in [0.15, 0.2) is 36.7 Å². The maximum atomic E-state index is 12.1. The summed E-state index contributed by atoms with van der Waals surface area (Å²) in [4.78, 5) is 20.9. The number of hydrogen-bond acceptors (Lipinski definition) is 5. The number of carbonyl (C=O) groups is 1. The zero-order valence-corrected chi connectivity index (χ0v) is 17.4. The van der Waals surface area contributed by atoms with E-state index in [2.05, 4.69) is 16.9 Å². The molecule has 1 aliphatic carbocycles. The molecule has 1 aliphatic rings. The van der Waals surface area contributed by atoms with Gasteiger partial charge in [-0.1, -0.05) is 51.9 Å². The maximum Gasteiger partial charge on any atom is 0.314 e. The molecule has 5 heteroatoms. The quantitative estimate of drug-likeness (QED) is 0.266. The van der Waals surface area contributed by atoms with Crippen molar-refractivity contribution < 1.29 is 14.3 Å². The number of ether oxygens (including phenoxy) is 2. The number of unbranched alkanes of at least 4 members (excludes halogenated alkanes) is 5. The van der Waals surface area contributed by atoms with E-state index < -0.39 is 0 Å². The van der Waals surface area contributed by atoms with Crippen molar-refractivity contribution in [1.29, 1.82) is 0 Å². The Labute approximate surface area is 173 Å². The summed E-state index contributed by atoms with van der Waals surface area (Å²) in [5.41, 5.74) is 0.883. The molecular formula is C24H32N2O3. The summed E-state index contributed by atoms with van der Waals surface area (Å²) in [7, 11) is 0. The highest BCUT2D eigenvalue weighted by Crippen LogP contribution is 2.27. The standard InChI is InChI=1S/C24H32N2O3/c1-2-3-4-5-6-9-16-28-22-17-25-23(26-18-22)19-12-14-21(15-13-19)29-24(27)20-10-7-8-11-20/h12-15,17-18,20H,2-11,16H2,1H3. The van der Waals surface area contributed by atoms with Gasteiger partial charge in [0.2, 0.25) is 0 Å². The fraction of sp³-hybridized carbons (Fsp3) is 0.542.